The molecular weight excluding hydrogens is 264 g/mol. The summed E-state index contributed by atoms with van der Waals surface area (Å²) >= 11 is 0. The number of anilines is 1. The Morgan fingerprint density at radius 1 is 1.48 bits per heavy atom. The van der Waals surface area contributed by atoms with Crippen LogP contribution in [0, 0.1) is 0 Å². The summed E-state index contributed by atoms with van der Waals surface area (Å²) in [5, 5.41) is 6.42. The molecule has 116 valence electrons. The van der Waals surface area contributed by atoms with Crippen LogP contribution in [0.4, 0.5) is 5.69 Å². The second-order valence-corrected chi connectivity index (χ2v) is 5.95. The topological polar surface area (TPSA) is 50.4 Å². The van der Waals surface area contributed by atoms with Crippen molar-refractivity contribution < 1.29 is 9.53 Å². The van der Waals surface area contributed by atoms with Crippen molar-refractivity contribution in [1.82, 2.24) is 5.32 Å². The third-order valence-electron chi connectivity index (χ3n) is 4.02. The summed E-state index contributed by atoms with van der Waals surface area (Å²) in [6, 6.07) is 6.64. The number of ether oxygens (including phenoxy) is 1. The Labute approximate surface area is 127 Å². The van der Waals surface area contributed by atoms with Crippen molar-refractivity contribution in [3.05, 3.63) is 23.8 Å². The number of carbonyl (C=O) groups excluding carboxylic acids is 1. The van der Waals surface area contributed by atoms with Crippen LogP contribution < -0.4 is 15.4 Å². The molecule has 0 bridgehead atoms. The van der Waals surface area contributed by atoms with Gasteiger partial charge in [-0.05, 0) is 51.7 Å². The molecule has 1 heterocycles. The molecule has 2 rings (SSSR count). The molecule has 2 N–H and O–H groups in total. The van der Waals surface area contributed by atoms with Gasteiger partial charge in [0.2, 0.25) is 0 Å². The van der Waals surface area contributed by atoms with Gasteiger partial charge in [0.05, 0.1) is 5.69 Å². The van der Waals surface area contributed by atoms with Crippen LogP contribution in [0.25, 0.3) is 0 Å². The summed E-state index contributed by atoms with van der Waals surface area (Å²) in [5.74, 6) is 0.705. The third-order valence-corrected chi connectivity index (χ3v) is 4.02. The molecule has 4 nitrogen and oxygen atoms in total. The Bertz CT molecular complexity index is 502. The lowest BCUT2D eigenvalue weighted by atomic mass is 9.98. The molecule has 1 aliphatic heterocycles. The van der Waals surface area contributed by atoms with Gasteiger partial charge in [-0.25, -0.2) is 0 Å². The highest BCUT2D eigenvalue weighted by Crippen LogP contribution is 2.34. The number of hydrogen-bond donors (Lipinski definition) is 2. The van der Waals surface area contributed by atoms with Crippen LogP contribution in [-0.2, 0) is 11.2 Å². The number of rotatable bonds is 5. The van der Waals surface area contributed by atoms with E-state index < -0.39 is 6.10 Å². The molecule has 1 aromatic carbocycles. The zero-order valence-corrected chi connectivity index (χ0v) is 13.4. The van der Waals surface area contributed by atoms with E-state index in [0.717, 1.165) is 30.7 Å². The fraction of sp³-hybridized carbons (Fsp3) is 0.588. The molecule has 0 aromatic heterocycles. The van der Waals surface area contributed by atoms with Crippen molar-refractivity contribution in [1.29, 1.82) is 0 Å². The number of hydrogen-bond acceptors (Lipinski definition) is 3. The summed E-state index contributed by atoms with van der Waals surface area (Å²) < 4.78 is 5.89. The monoisotopic (exact) mass is 290 g/mol. The molecule has 0 fully saturated rings. The molecule has 1 aliphatic rings. The molecule has 21 heavy (non-hydrogen) atoms. The summed E-state index contributed by atoms with van der Waals surface area (Å²) in [4.78, 5) is 12.1. The molecule has 4 heteroatoms. The van der Waals surface area contributed by atoms with Crippen molar-refractivity contribution in [3.8, 4) is 5.75 Å². The van der Waals surface area contributed by atoms with Gasteiger partial charge in [0.15, 0.2) is 6.10 Å². The second kappa shape index (κ2) is 6.83. The lowest BCUT2D eigenvalue weighted by Gasteiger charge is -2.27. The minimum atomic E-state index is -0.496. The van der Waals surface area contributed by atoms with Gasteiger partial charge in [-0.1, -0.05) is 19.1 Å². The first-order valence-electron chi connectivity index (χ1n) is 7.86. The largest absolute Gasteiger partial charge is 0.479 e. The average molecular weight is 290 g/mol. The molecule has 0 saturated carbocycles. The van der Waals surface area contributed by atoms with Crippen LogP contribution in [0.15, 0.2) is 18.2 Å². The minimum Gasteiger partial charge on any atom is -0.479 e. The van der Waals surface area contributed by atoms with Crippen molar-refractivity contribution in [2.24, 2.45) is 0 Å². The maximum Gasteiger partial charge on any atom is 0.260 e. The number of aryl methyl sites for hydroxylation is 1. The van der Waals surface area contributed by atoms with Crippen molar-refractivity contribution in [2.45, 2.75) is 65.1 Å². The molecule has 0 aliphatic carbocycles. The Morgan fingerprint density at radius 2 is 2.24 bits per heavy atom. The fourth-order valence-electron chi connectivity index (χ4n) is 2.44. The van der Waals surface area contributed by atoms with Gasteiger partial charge >= 0.3 is 0 Å². The molecular formula is C17H26N2O2. The molecule has 0 spiro atoms. The van der Waals surface area contributed by atoms with E-state index in [1.54, 1.807) is 6.92 Å². The highest BCUT2D eigenvalue weighted by atomic mass is 16.5. The van der Waals surface area contributed by atoms with E-state index >= 15 is 0 Å². The summed E-state index contributed by atoms with van der Waals surface area (Å²) in [6.07, 6.45) is 2.59. The van der Waals surface area contributed by atoms with Crippen molar-refractivity contribution in [3.63, 3.8) is 0 Å². The number of para-hydroxylation sites is 1. The highest BCUT2D eigenvalue weighted by Gasteiger charge is 2.21. The Morgan fingerprint density at radius 3 is 2.95 bits per heavy atom. The van der Waals surface area contributed by atoms with Gasteiger partial charge in [0.25, 0.3) is 5.91 Å². The Kier molecular flexibility index (Phi) is 5.10. The van der Waals surface area contributed by atoms with Gasteiger partial charge in [0, 0.05) is 12.1 Å². The number of nitrogens with one attached hydrogen (secondary N) is 2. The van der Waals surface area contributed by atoms with E-state index in [1.165, 1.54) is 5.56 Å². The predicted octanol–water partition coefficient (Wildman–Crippen LogP) is 3.12. The van der Waals surface area contributed by atoms with E-state index in [4.69, 9.17) is 4.74 Å². The second-order valence-electron chi connectivity index (χ2n) is 5.95. The normalized spacial score (nSPS) is 19.9. The first-order chi connectivity index (χ1) is 10.0. The highest BCUT2D eigenvalue weighted by molar-refractivity contribution is 5.81. The Balaban J connectivity index is 2.07. The van der Waals surface area contributed by atoms with Crippen LogP contribution in [-0.4, -0.2) is 24.1 Å². The third kappa shape index (κ3) is 3.90. The number of carbonyl (C=O) groups is 1. The molecule has 0 radical (unpaired) electrons. The summed E-state index contributed by atoms with van der Waals surface area (Å²) in [5.41, 5.74) is 2.31. The molecule has 0 saturated heterocycles. The van der Waals surface area contributed by atoms with Crippen LogP contribution in [0.1, 0.15) is 46.1 Å². The lowest BCUT2D eigenvalue weighted by Crippen LogP contribution is -2.41. The minimum absolute atomic E-state index is 0.0641. The predicted molar refractivity (Wildman–Crippen MR) is 85.8 cm³/mol. The Hall–Kier alpha value is -1.71. The summed E-state index contributed by atoms with van der Waals surface area (Å²) in [7, 11) is 0. The van der Waals surface area contributed by atoms with Gasteiger partial charge in [-0.2, -0.15) is 0 Å². The SMILES string of the molecule is CCC(C)NC(=O)C(C)Oc1cccc2c1NC(C)CC2. The first-order valence-corrected chi connectivity index (χ1v) is 7.86. The van der Waals surface area contributed by atoms with E-state index in [0.29, 0.717) is 6.04 Å². The van der Waals surface area contributed by atoms with Gasteiger partial charge in [-0.3, -0.25) is 4.79 Å². The zero-order valence-electron chi connectivity index (χ0n) is 13.4. The number of benzene rings is 1. The number of fused-ring (bicyclic) bond motifs is 1. The molecule has 1 amide bonds. The standard InChI is InChI=1S/C17H26N2O2/c1-5-11(2)19-17(20)13(4)21-15-8-6-7-14-10-9-12(3)18-16(14)15/h6-8,11-13,18H,5,9-10H2,1-4H3,(H,19,20). The van der Waals surface area contributed by atoms with E-state index in [1.807, 2.05) is 19.1 Å². The van der Waals surface area contributed by atoms with Crippen molar-refractivity contribution in [2.75, 3.05) is 5.32 Å². The van der Waals surface area contributed by atoms with Crippen molar-refractivity contribution >= 4 is 11.6 Å². The van der Waals surface area contributed by atoms with E-state index in [-0.39, 0.29) is 11.9 Å². The molecule has 3 atom stereocenters. The number of amides is 1. The van der Waals surface area contributed by atoms with Crippen LogP contribution in [0.3, 0.4) is 0 Å². The van der Waals surface area contributed by atoms with Gasteiger partial charge < -0.3 is 15.4 Å². The van der Waals surface area contributed by atoms with Crippen LogP contribution in [0.2, 0.25) is 0 Å². The zero-order chi connectivity index (χ0) is 15.4. The molecule has 1 aromatic rings. The average Bonchev–Trinajstić information content (AvgIpc) is 2.47. The fourth-order valence-corrected chi connectivity index (χ4v) is 2.44. The summed E-state index contributed by atoms with van der Waals surface area (Å²) in [6.45, 7) is 8.01. The maximum atomic E-state index is 12.1. The first kappa shape index (κ1) is 15.7. The van der Waals surface area contributed by atoms with E-state index in [2.05, 4.69) is 30.5 Å². The smallest absolute Gasteiger partial charge is 0.260 e. The van der Waals surface area contributed by atoms with Gasteiger partial charge in [0.1, 0.15) is 5.75 Å². The van der Waals surface area contributed by atoms with Crippen LogP contribution in [0.5, 0.6) is 5.75 Å². The quantitative estimate of drug-likeness (QED) is 0.876. The van der Waals surface area contributed by atoms with Crippen LogP contribution >= 0.6 is 0 Å². The van der Waals surface area contributed by atoms with Gasteiger partial charge in [-0.15, -0.1) is 0 Å². The lowest BCUT2D eigenvalue weighted by molar-refractivity contribution is -0.127. The van der Waals surface area contributed by atoms with E-state index in [9.17, 15) is 4.79 Å². The molecule has 3 unspecified atom stereocenters. The maximum absolute atomic E-state index is 12.1.